The molecule has 21 heavy (non-hydrogen) atoms. The third kappa shape index (κ3) is 4.16. The van der Waals surface area contributed by atoms with Crippen LogP contribution >= 0.6 is 11.8 Å². The predicted molar refractivity (Wildman–Crippen MR) is 83.3 cm³/mol. The quantitative estimate of drug-likeness (QED) is 0.489. The van der Waals surface area contributed by atoms with Crippen molar-refractivity contribution in [3.05, 3.63) is 29.8 Å². The number of carbonyl (C=O) groups excluding carboxylic acids is 2. The lowest BCUT2D eigenvalue weighted by molar-refractivity contribution is -0.127. The van der Waals surface area contributed by atoms with Gasteiger partial charge in [-0.25, -0.2) is 10.9 Å². The molecule has 6 nitrogen and oxygen atoms in total. The molecule has 2 rings (SSSR count). The number of hydrogen-bond donors (Lipinski definition) is 2. The summed E-state index contributed by atoms with van der Waals surface area (Å²) in [6, 6.07) is 7.80. The Morgan fingerprint density at radius 1 is 1.48 bits per heavy atom. The first-order valence-corrected chi connectivity index (χ1v) is 7.62. The summed E-state index contributed by atoms with van der Waals surface area (Å²) in [4.78, 5) is 24.3. The summed E-state index contributed by atoms with van der Waals surface area (Å²) in [5.41, 5.74) is 6.27. The highest BCUT2D eigenvalue weighted by Crippen LogP contribution is 2.14. The Bertz CT molecular complexity index is 595. The molecule has 1 atom stereocenters. The first-order chi connectivity index (χ1) is 10.1. The molecule has 0 aromatic heterocycles. The minimum absolute atomic E-state index is 0.0456. The van der Waals surface area contributed by atoms with Crippen molar-refractivity contribution >= 4 is 35.5 Å². The molecule has 0 saturated carbocycles. The highest BCUT2D eigenvalue weighted by atomic mass is 32.2. The first-order valence-electron chi connectivity index (χ1n) is 6.40. The van der Waals surface area contributed by atoms with E-state index in [1.807, 2.05) is 30.5 Å². The zero-order valence-electron chi connectivity index (χ0n) is 11.8. The van der Waals surface area contributed by atoms with E-state index in [9.17, 15) is 9.59 Å². The smallest absolute Gasteiger partial charge is 0.249 e. The highest BCUT2D eigenvalue weighted by molar-refractivity contribution is 7.98. The third-order valence-corrected chi connectivity index (χ3v) is 3.81. The lowest BCUT2D eigenvalue weighted by Crippen LogP contribution is -2.29. The second-order valence-electron chi connectivity index (χ2n) is 4.55. The molecule has 0 radical (unpaired) electrons. The summed E-state index contributed by atoms with van der Waals surface area (Å²) < 4.78 is 0. The van der Waals surface area contributed by atoms with E-state index < -0.39 is 5.92 Å². The average Bonchev–Trinajstić information content (AvgIpc) is 2.80. The van der Waals surface area contributed by atoms with Gasteiger partial charge < -0.3 is 0 Å². The van der Waals surface area contributed by atoms with Crippen molar-refractivity contribution in [3.63, 3.8) is 0 Å². The molecule has 110 valence electrons. The fourth-order valence-electron chi connectivity index (χ4n) is 1.83. The van der Waals surface area contributed by atoms with Crippen molar-refractivity contribution in [1.82, 2.24) is 10.9 Å². The van der Waals surface area contributed by atoms with Crippen molar-refractivity contribution in [2.75, 3.05) is 6.26 Å². The molecule has 0 saturated heterocycles. The number of carbonyl (C=O) groups is 2. The molecule has 7 heteroatoms. The van der Waals surface area contributed by atoms with Crippen LogP contribution in [0.2, 0.25) is 0 Å². The number of hydrogen-bond acceptors (Lipinski definition) is 5. The number of hydrazone groups is 2. The molecule has 0 bridgehead atoms. The number of nitrogens with one attached hydrogen (secondary N) is 2. The van der Waals surface area contributed by atoms with Gasteiger partial charge in [-0.2, -0.15) is 10.2 Å². The van der Waals surface area contributed by atoms with Crippen LogP contribution in [0.25, 0.3) is 0 Å². The van der Waals surface area contributed by atoms with Crippen LogP contribution in [0.15, 0.2) is 39.4 Å². The van der Waals surface area contributed by atoms with Gasteiger partial charge in [0.05, 0.1) is 12.1 Å². The maximum Gasteiger partial charge on any atom is 0.249 e. The van der Waals surface area contributed by atoms with Gasteiger partial charge in [0, 0.05) is 17.0 Å². The molecule has 1 aliphatic rings. The van der Waals surface area contributed by atoms with E-state index in [0.717, 1.165) is 10.5 Å². The van der Waals surface area contributed by atoms with Gasteiger partial charge in [-0.3, -0.25) is 9.59 Å². The van der Waals surface area contributed by atoms with Gasteiger partial charge in [-0.05, 0) is 30.9 Å². The first kappa shape index (κ1) is 15.2. The lowest BCUT2D eigenvalue weighted by Gasteiger charge is -2.05. The molecular weight excluding hydrogens is 288 g/mol. The van der Waals surface area contributed by atoms with E-state index in [2.05, 4.69) is 21.1 Å². The van der Waals surface area contributed by atoms with Crippen LogP contribution in [-0.2, 0) is 9.59 Å². The number of thioether (sulfide) groups is 1. The monoisotopic (exact) mass is 304 g/mol. The number of nitrogens with zero attached hydrogens (tertiary/aromatic N) is 2. The van der Waals surface area contributed by atoms with Crippen LogP contribution in [0.3, 0.4) is 0 Å². The van der Waals surface area contributed by atoms with Crippen LogP contribution < -0.4 is 10.9 Å². The van der Waals surface area contributed by atoms with Gasteiger partial charge in [-0.1, -0.05) is 12.1 Å². The summed E-state index contributed by atoms with van der Waals surface area (Å²) in [6.45, 7) is 1.71. The maximum absolute atomic E-state index is 11.7. The average molecular weight is 304 g/mol. The molecule has 0 aliphatic carbocycles. The largest absolute Gasteiger partial charge is 0.273 e. The standard InChI is InChI=1S/C14H16N4O2S/c1-9-12(14(20)18-16-9)7-13(19)17-15-8-10-3-5-11(21-2)6-4-10/h3-6,8,12H,7H2,1-2H3,(H,17,19)(H,18,20). The van der Waals surface area contributed by atoms with Crippen LogP contribution in [0.5, 0.6) is 0 Å². The predicted octanol–water partition coefficient (Wildman–Crippen LogP) is 1.37. The molecule has 1 aliphatic heterocycles. The van der Waals surface area contributed by atoms with Gasteiger partial charge in [0.1, 0.15) is 0 Å². The normalized spacial score (nSPS) is 17.7. The molecule has 1 aromatic carbocycles. The zero-order chi connectivity index (χ0) is 15.2. The minimum atomic E-state index is -0.499. The second-order valence-corrected chi connectivity index (χ2v) is 5.43. The van der Waals surface area contributed by atoms with E-state index in [-0.39, 0.29) is 18.2 Å². The van der Waals surface area contributed by atoms with Gasteiger partial charge in [0.25, 0.3) is 0 Å². The number of benzene rings is 1. The molecule has 1 aromatic rings. The molecular formula is C14H16N4O2S. The van der Waals surface area contributed by atoms with Crippen molar-refractivity contribution in [3.8, 4) is 0 Å². The molecule has 2 N–H and O–H groups in total. The van der Waals surface area contributed by atoms with Crippen LogP contribution in [0.4, 0.5) is 0 Å². The van der Waals surface area contributed by atoms with E-state index in [1.165, 1.54) is 0 Å². The van der Waals surface area contributed by atoms with Gasteiger partial charge in [-0.15, -0.1) is 11.8 Å². The molecule has 0 fully saturated rings. The third-order valence-electron chi connectivity index (χ3n) is 3.07. The van der Waals surface area contributed by atoms with Crippen molar-refractivity contribution in [2.45, 2.75) is 18.2 Å². The van der Waals surface area contributed by atoms with E-state index in [4.69, 9.17) is 0 Å². The van der Waals surface area contributed by atoms with E-state index >= 15 is 0 Å². The SMILES string of the molecule is CSc1ccc(C=NNC(=O)CC2C(=O)NN=C2C)cc1. The highest BCUT2D eigenvalue weighted by Gasteiger charge is 2.28. The Morgan fingerprint density at radius 2 is 2.19 bits per heavy atom. The Hall–Kier alpha value is -2.15. The topological polar surface area (TPSA) is 82.9 Å². The maximum atomic E-state index is 11.7. The Labute approximate surface area is 127 Å². The van der Waals surface area contributed by atoms with Gasteiger partial charge >= 0.3 is 0 Å². The second kappa shape index (κ2) is 7.03. The summed E-state index contributed by atoms with van der Waals surface area (Å²) in [7, 11) is 0. The van der Waals surface area contributed by atoms with Crippen molar-refractivity contribution in [2.24, 2.45) is 16.1 Å². The summed E-state index contributed by atoms with van der Waals surface area (Å²) in [6.07, 6.45) is 3.62. The zero-order valence-corrected chi connectivity index (χ0v) is 12.6. The molecule has 1 unspecified atom stereocenters. The van der Waals surface area contributed by atoms with Gasteiger partial charge in [0.15, 0.2) is 0 Å². The Balaban J connectivity index is 1.84. The number of rotatable bonds is 5. The Kier molecular flexibility index (Phi) is 5.10. The fourth-order valence-corrected chi connectivity index (χ4v) is 2.24. The molecule has 2 amide bonds. The minimum Gasteiger partial charge on any atom is -0.273 e. The molecule has 1 heterocycles. The Morgan fingerprint density at radius 3 is 2.76 bits per heavy atom. The summed E-state index contributed by atoms with van der Waals surface area (Å²) in [5.74, 6) is -1.07. The summed E-state index contributed by atoms with van der Waals surface area (Å²) >= 11 is 1.66. The van der Waals surface area contributed by atoms with Gasteiger partial charge in [0.2, 0.25) is 11.8 Å². The molecule has 0 spiro atoms. The lowest BCUT2D eigenvalue weighted by atomic mass is 10.0. The van der Waals surface area contributed by atoms with E-state index in [1.54, 1.807) is 24.9 Å². The van der Waals surface area contributed by atoms with Crippen molar-refractivity contribution < 1.29 is 9.59 Å². The number of amides is 2. The fraction of sp³-hybridized carbons (Fsp3) is 0.286. The van der Waals surface area contributed by atoms with Crippen molar-refractivity contribution in [1.29, 1.82) is 0 Å². The van der Waals surface area contributed by atoms with Crippen LogP contribution in [-0.4, -0.2) is 30.0 Å². The summed E-state index contributed by atoms with van der Waals surface area (Å²) in [5, 5.41) is 7.68. The van der Waals surface area contributed by atoms with Crippen LogP contribution in [0, 0.1) is 5.92 Å². The van der Waals surface area contributed by atoms with E-state index in [0.29, 0.717) is 5.71 Å². The van der Waals surface area contributed by atoms with Crippen LogP contribution in [0.1, 0.15) is 18.9 Å².